The Kier molecular flexibility index (Phi) is 1.60. The lowest BCUT2D eigenvalue weighted by Gasteiger charge is -2.00. The minimum Gasteiger partial charge on any atom is -0.379 e. The second kappa shape index (κ2) is 2.24. The van der Waals surface area contributed by atoms with Crippen LogP contribution in [0.1, 0.15) is 12.8 Å². The van der Waals surface area contributed by atoms with Gasteiger partial charge < -0.3 is 9.90 Å². The van der Waals surface area contributed by atoms with Gasteiger partial charge in [-0.15, -0.1) is 0 Å². The van der Waals surface area contributed by atoms with E-state index in [1.165, 1.54) is 0 Å². The molecule has 1 fully saturated rings. The molecule has 3 heteroatoms. The van der Waals surface area contributed by atoms with Crippen molar-refractivity contribution in [2.45, 2.75) is 25.1 Å². The molecule has 8 heavy (non-hydrogen) atoms. The highest BCUT2D eigenvalue weighted by Crippen LogP contribution is 2.06. The molecule has 3 nitrogen and oxygen atoms in total. The van der Waals surface area contributed by atoms with Crippen LogP contribution in [0.3, 0.4) is 0 Å². The number of nitrogens with one attached hydrogen (secondary N) is 1. The number of carbonyl (C=O) groups excluding carboxylic acids is 1. The summed E-state index contributed by atoms with van der Waals surface area (Å²) in [7, 11) is 0. The molecule has 0 bridgehead atoms. The van der Waals surface area contributed by atoms with Crippen LogP contribution in [0.15, 0.2) is 0 Å². The fourth-order valence-electron chi connectivity index (χ4n) is 0.859. The number of carbonyl (C=O) groups is 1. The molecule has 2 N–H and O–H groups in total. The molecule has 2 atom stereocenters. The summed E-state index contributed by atoms with van der Waals surface area (Å²) in [5.41, 5.74) is 0. The molecule has 0 aromatic heterocycles. The first kappa shape index (κ1) is 5.72. The predicted molar refractivity (Wildman–Crippen MR) is 28.2 cm³/mol. The lowest BCUT2D eigenvalue weighted by atomic mass is 10.2. The lowest BCUT2D eigenvalue weighted by Crippen LogP contribution is -2.29. The molecule has 0 saturated carbocycles. The summed E-state index contributed by atoms with van der Waals surface area (Å²) in [6, 6.07) is -0.106. The van der Waals surface area contributed by atoms with Crippen LogP contribution < -0.4 is 5.32 Å². The van der Waals surface area contributed by atoms with Crippen LogP contribution in [0.2, 0.25) is 0 Å². The minimum absolute atomic E-state index is 0.106. The van der Waals surface area contributed by atoms with Crippen molar-refractivity contribution in [3.05, 3.63) is 0 Å². The normalized spacial score (nSPS) is 37.6. The lowest BCUT2D eigenvalue weighted by molar-refractivity contribution is -0.109. The Balaban J connectivity index is 2.32. The van der Waals surface area contributed by atoms with Crippen LogP contribution in [0, 0.1) is 0 Å². The molecule has 1 aliphatic rings. The molecule has 46 valence electrons. The maximum Gasteiger partial charge on any atom is 0.136 e. The average Bonchev–Trinajstić information content (AvgIpc) is 2.14. The number of aliphatic hydroxyl groups excluding tert-OH is 1. The van der Waals surface area contributed by atoms with E-state index in [0.29, 0.717) is 6.42 Å². The van der Waals surface area contributed by atoms with Gasteiger partial charge in [-0.05, 0) is 12.8 Å². The van der Waals surface area contributed by atoms with E-state index in [-0.39, 0.29) is 6.04 Å². The Morgan fingerprint density at radius 2 is 2.38 bits per heavy atom. The van der Waals surface area contributed by atoms with Gasteiger partial charge in [0.05, 0.1) is 6.04 Å². The number of rotatable bonds is 1. The average molecular weight is 115 g/mol. The highest BCUT2D eigenvalue weighted by molar-refractivity contribution is 5.57. The summed E-state index contributed by atoms with van der Waals surface area (Å²) < 4.78 is 0. The molecule has 2 unspecified atom stereocenters. The predicted octanol–water partition coefficient (Wildman–Crippen LogP) is -0.744. The van der Waals surface area contributed by atoms with Gasteiger partial charge in [0.2, 0.25) is 0 Å². The van der Waals surface area contributed by atoms with Crippen molar-refractivity contribution < 1.29 is 9.90 Å². The molecule has 0 aromatic carbocycles. The van der Waals surface area contributed by atoms with Crippen molar-refractivity contribution in [2.24, 2.45) is 0 Å². The van der Waals surface area contributed by atoms with Gasteiger partial charge in [0.25, 0.3) is 0 Å². The number of hydrogen-bond donors (Lipinski definition) is 2. The molecule has 0 aromatic rings. The smallest absolute Gasteiger partial charge is 0.136 e. The molecular formula is C5H9NO2. The Morgan fingerprint density at radius 1 is 1.62 bits per heavy atom. The standard InChI is InChI=1S/C5H9NO2/c7-3-4-1-2-5(8)6-4/h3-6,8H,1-2H2. The van der Waals surface area contributed by atoms with Crippen molar-refractivity contribution in [2.75, 3.05) is 0 Å². The Morgan fingerprint density at radius 3 is 2.62 bits per heavy atom. The van der Waals surface area contributed by atoms with Crippen LogP contribution in [0.4, 0.5) is 0 Å². The topological polar surface area (TPSA) is 49.3 Å². The van der Waals surface area contributed by atoms with Gasteiger partial charge >= 0.3 is 0 Å². The monoisotopic (exact) mass is 115 g/mol. The second-order valence-electron chi connectivity index (χ2n) is 2.00. The summed E-state index contributed by atoms with van der Waals surface area (Å²) in [4.78, 5) is 9.98. The van der Waals surface area contributed by atoms with Gasteiger partial charge in [0, 0.05) is 0 Å². The summed E-state index contributed by atoms with van der Waals surface area (Å²) >= 11 is 0. The summed E-state index contributed by atoms with van der Waals surface area (Å²) in [5.74, 6) is 0. The van der Waals surface area contributed by atoms with Crippen LogP contribution in [-0.2, 0) is 4.79 Å². The van der Waals surface area contributed by atoms with E-state index in [9.17, 15) is 4.79 Å². The molecule has 1 rings (SSSR count). The van der Waals surface area contributed by atoms with E-state index in [2.05, 4.69) is 5.32 Å². The first-order valence-electron chi connectivity index (χ1n) is 2.72. The third kappa shape index (κ3) is 1.05. The molecule has 1 heterocycles. The third-order valence-corrected chi connectivity index (χ3v) is 1.32. The molecule has 0 amide bonds. The number of aliphatic hydroxyl groups is 1. The van der Waals surface area contributed by atoms with Gasteiger partial charge in [0.1, 0.15) is 12.5 Å². The van der Waals surface area contributed by atoms with Gasteiger partial charge in [-0.25, -0.2) is 0 Å². The zero-order chi connectivity index (χ0) is 5.98. The van der Waals surface area contributed by atoms with Crippen molar-refractivity contribution in [1.82, 2.24) is 5.32 Å². The third-order valence-electron chi connectivity index (χ3n) is 1.32. The van der Waals surface area contributed by atoms with E-state index >= 15 is 0 Å². The van der Waals surface area contributed by atoms with Gasteiger partial charge in [0.15, 0.2) is 0 Å². The number of aldehydes is 1. The van der Waals surface area contributed by atoms with E-state index in [1.54, 1.807) is 0 Å². The van der Waals surface area contributed by atoms with Crippen molar-refractivity contribution in [1.29, 1.82) is 0 Å². The van der Waals surface area contributed by atoms with Crippen molar-refractivity contribution >= 4 is 6.29 Å². The minimum atomic E-state index is -0.454. The largest absolute Gasteiger partial charge is 0.379 e. The summed E-state index contributed by atoms with van der Waals surface area (Å²) in [6.07, 6.45) is 1.84. The maximum absolute atomic E-state index is 9.98. The van der Waals surface area contributed by atoms with Gasteiger partial charge in [-0.2, -0.15) is 0 Å². The zero-order valence-corrected chi connectivity index (χ0v) is 4.50. The SMILES string of the molecule is O=CC1CCC(O)N1. The summed E-state index contributed by atoms with van der Waals surface area (Å²) in [6.45, 7) is 0. The van der Waals surface area contributed by atoms with Crippen LogP contribution in [0.5, 0.6) is 0 Å². The van der Waals surface area contributed by atoms with Crippen molar-refractivity contribution in [3.63, 3.8) is 0 Å². The molecule has 1 saturated heterocycles. The van der Waals surface area contributed by atoms with Crippen LogP contribution >= 0.6 is 0 Å². The molecule has 1 aliphatic heterocycles. The first-order valence-corrected chi connectivity index (χ1v) is 2.72. The maximum atomic E-state index is 9.98. The van der Waals surface area contributed by atoms with Crippen LogP contribution in [0.25, 0.3) is 0 Å². The molecule has 0 radical (unpaired) electrons. The van der Waals surface area contributed by atoms with E-state index < -0.39 is 6.23 Å². The van der Waals surface area contributed by atoms with Gasteiger partial charge in [-0.3, -0.25) is 5.32 Å². The first-order chi connectivity index (χ1) is 3.83. The Hall–Kier alpha value is -0.410. The highest BCUT2D eigenvalue weighted by atomic mass is 16.3. The molecule has 0 aliphatic carbocycles. The van der Waals surface area contributed by atoms with E-state index in [1.807, 2.05) is 0 Å². The van der Waals surface area contributed by atoms with Crippen LogP contribution in [-0.4, -0.2) is 23.7 Å². The van der Waals surface area contributed by atoms with E-state index in [4.69, 9.17) is 5.11 Å². The van der Waals surface area contributed by atoms with Gasteiger partial charge in [-0.1, -0.05) is 0 Å². The van der Waals surface area contributed by atoms with E-state index in [0.717, 1.165) is 12.7 Å². The second-order valence-corrected chi connectivity index (χ2v) is 2.00. The fraction of sp³-hybridized carbons (Fsp3) is 0.800. The number of hydrogen-bond acceptors (Lipinski definition) is 3. The Labute approximate surface area is 47.7 Å². The Bertz CT molecular complexity index is 94.4. The van der Waals surface area contributed by atoms with Crippen molar-refractivity contribution in [3.8, 4) is 0 Å². The molecular weight excluding hydrogens is 106 g/mol. The fourth-order valence-corrected chi connectivity index (χ4v) is 0.859. The molecule has 0 spiro atoms. The zero-order valence-electron chi connectivity index (χ0n) is 4.50. The highest BCUT2D eigenvalue weighted by Gasteiger charge is 2.19. The quantitative estimate of drug-likeness (QED) is 0.442. The summed E-state index contributed by atoms with van der Waals surface area (Å²) in [5, 5.41) is 11.5.